The van der Waals surface area contributed by atoms with E-state index in [2.05, 4.69) is 9.97 Å². The highest BCUT2D eigenvalue weighted by atomic mass is 35.5. The fourth-order valence-corrected chi connectivity index (χ4v) is 2.55. The number of hydrogen-bond donors (Lipinski definition) is 1. The van der Waals surface area contributed by atoms with Gasteiger partial charge in [-0.15, -0.1) is 0 Å². The van der Waals surface area contributed by atoms with Crippen LogP contribution in [0.25, 0.3) is 16.9 Å². The zero-order chi connectivity index (χ0) is 13.6. The number of anilines is 1. The Bertz CT molecular complexity index is 759. The van der Waals surface area contributed by atoms with E-state index in [9.17, 15) is 0 Å². The summed E-state index contributed by atoms with van der Waals surface area (Å²) in [6.45, 7) is 1.96. The number of halogens is 2. The van der Waals surface area contributed by atoms with Crippen molar-refractivity contribution in [2.75, 3.05) is 5.73 Å². The number of imidazole rings is 1. The standard InChI is InChI=1S/C13H10Cl2N4/c1-7-2-3-17-12-11(7)18-13(16)19(12)10-5-8(14)4-9(15)6-10/h2-6H,1H3,(H2,16,18). The van der Waals surface area contributed by atoms with Gasteiger partial charge in [-0.25, -0.2) is 9.97 Å². The number of aromatic nitrogens is 3. The number of fused-ring (bicyclic) bond motifs is 1. The molecule has 2 heterocycles. The Kier molecular flexibility index (Phi) is 2.84. The number of aryl methyl sites for hydroxylation is 1. The van der Waals surface area contributed by atoms with Crippen molar-refractivity contribution in [3.63, 3.8) is 0 Å². The lowest BCUT2D eigenvalue weighted by Crippen LogP contribution is -2.01. The zero-order valence-electron chi connectivity index (χ0n) is 10.1. The van der Waals surface area contributed by atoms with Gasteiger partial charge in [0.05, 0.1) is 5.69 Å². The molecule has 0 saturated heterocycles. The van der Waals surface area contributed by atoms with E-state index in [1.54, 1.807) is 29.0 Å². The predicted molar refractivity (Wildman–Crippen MR) is 78.0 cm³/mol. The molecule has 0 unspecified atom stereocenters. The molecule has 0 spiro atoms. The van der Waals surface area contributed by atoms with Gasteiger partial charge in [-0.3, -0.25) is 4.57 Å². The Morgan fingerprint density at radius 1 is 1.16 bits per heavy atom. The van der Waals surface area contributed by atoms with Gasteiger partial charge in [0.15, 0.2) is 5.65 Å². The number of nitrogen functional groups attached to an aromatic ring is 1. The molecule has 0 fully saturated rings. The topological polar surface area (TPSA) is 56.7 Å². The average Bonchev–Trinajstić information content (AvgIpc) is 2.65. The van der Waals surface area contributed by atoms with Crippen molar-refractivity contribution in [2.24, 2.45) is 0 Å². The van der Waals surface area contributed by atoms with Gasteiger partial charge in [0, 0.05) is 16.2 Å². The average molecular weight is 293 g/mol. The third-order valence-electron chi connectivity index (χ3n) is 2.88. The molecule has 0 aliphatic heterocycles. The molecule has 3 rings (SSSR count). The summed E-state index contributed by atoms with van der Waals surface area (Å²) in [6, 6.07) is 7.11. The molecule has 0 aliphatic carbocycles. The molecular formula is C13H10Cl2N4. The first-order valence-electron chi connectivity index (χ1n) is 5.62. The Hall–Kier alpha value is -1.78. The number of hydrogen-bond acceptors (Lipinski definition) is 3. The van der Waals surface area contributed by atoms with Gasteiger partial charge in [0.2, 0.25) is 5.95 Å². The van der Waals surface area contributed by atoms with E-state index in [4.69, 9.17) is 28.9 Å². The lowest BCUT2D eigenvalue weighted by Gasteiger charge is -2.07. The molecule has 19 heavy (non-hydrogen) atoms. The smallest absolute Gasteiger partial charge is 0.207 e. The first-order chi connectivity index (χ1) is 9.06. The minimum Gasteiger partial charge on any atom is -0.369 e. The Balaban J connectivity index is 2.36. The van der Waals surface area contributed by atoms with Crippen molar-refractivity contribution in [3.8, 4) is 5.69 Å². The second-order valence-corrected chi connectivity index (χ2v) is 5.11. The van der Waals surface area contributed by atoms with E-state index >= 15 is 0 Å². The molecule has 0 bridgehead atoms. The van der Waals surface area contributed by atoms with Crippen LogP contribution in [0.5, 0.6) is 0 Å². The number of rotatable bonds is 1. The van der Waals surface area contributed by atoms with Crippen LogP contribution < -0.4 is 5.73 Å². The second-order valence-electron chi connectivity index (χ2n) is 4.23. The quantitative estimate of drug-likeness (QED) is 0.745. The van der Waals surface area contributed by atoms with Crippen molar-refractivity contribution in [2.45, 2.75) is 6.92 Å². The normalized spacial score (nSPS) is 11.1. The van der Waals surface area contributed by atoms with Crippen molar-refractivity contribution in [3.05, 3.63) is 46.1 Å². The van der Waals surface area contributed by atoms with Crippen LogP contribution in [0.2, 0.25) is 10.0 Å². The predicted octanol–water partition coefficient (Wildman–Crippen LogP) is 3.62. The molecular weight excluding hydrogens is 283 g/mol. The van der Waals surface area contributed by atoms with Crippen LogP contribution in [0.4, 0.5) is 5.95 Å². The van der Waals surface area contributed by atoms with Crippen LogP contribution >= 0.6 is 23.2 Å². The minimum atomic E-state index is 0.357. The highest BCUT2D eigenvalue weighted by Gasteiger charge is 2.13. The maximum Gasteiger partial charge on any atom is 0.207 e. The monoisotopic (exact) mass is 292 g/mol. The highest BCUT2D eigenvalue weighted by Crippen LogP contribution is 2.27. The summed E-state index contributed by atoms with van der Waals surface area (Å²) in [5, 5.41) is 1.08. The van der Waals surface area contributed by atoms with Crippen molar-refractivity contribution >= 4 is 40.3 Å². The summed E-state index contributed by atoms with van der Waals surface area (Å²) in [4.78, 5) is 8.67. The molecule has 0 amide bonds. The number of nitrogens with two attached hydrogens (primary N) is 1. The van der Waals surface area contributed by atoms with Gasteiger partial charge in [-0.2, -0.15) is 0 Å². The molecule has 0 aliphatic rings. The molecule has 2 aromatic heterocycles. The van der Waals surface area contributed by atoms with Gasteiger partial charge < -0.3 is 5.73 Å². The fraction of sp³-hybridized carbons (Fsp3) is 0.0769. The maximum absolute atomic E-state index is 6.02. The van der Waals surface area contributed by atoms with Crippen molar-refractivity contribution in [1.82, 2.24) is 14.5 Å². The van der Waals surface area contributed by atoms with Gasteiger partial charge in [-0.05, 0) is 36.8 Å². The molecule has 4 nitrogen and oxygen atoms in total. The largest absolute Gasteiger partial charge is 0.369 e. The minimum absolute atomic E-state index is 0.357. The summed E-state index contributed by atoms with van der Waals surface area (Å²) >= 11 is 12.0. The summed E-state index contributed by atoms with van der Waals surface area (Å²) in [5.74, 6) is 0.357. The summed E-state index contributed by atoms with van der Waals surface area (Å²) < 4.78 is 1.74. The third kappa shape index (κ3) is 2.03. The van der Waals surface area contributed by atoms with Gasteiger partial charge in [0.1, 0.15) is 5.52 Å². The summed E-state index contributed by atoms with van der Waals surface area (Å²) in [6.07, 6.45) is 1.72. The summed E-state index contributed by atoms with van der Waals surface area (Å²) in [7, 11) is 0. The lowest BCUT2D eigenvalue weighted by molar-refractivity contribution is 1.08. The van der Waals surface area contributed by atoms with E-state index in [0.717, 1.165) is 16.8 Å². The Morgan fingerprint density at radius 2 is 1.84 bits per heavy atom. The molecule has 0 saturated carbocycles. The third-order valence-corrected chi connectivity index (χ3v) is 3.32. The molecule has 2 N–H and O–H groups in total. The number of benzene rings is 1. The highest BCUT2D eigenvalue weighted by molar-refractivity contribution is 6.34. The van der Waals surface area contributed by atoms with Crippen LogP contribution in [0.15, 0.2) is 30.5 Å². The van der Waals surface area contributed by atoms with E-state index in [1.807, 2.05) is 13.0 Å². The van der Waals surface area contributed by atoms with Crippen molar-refractivity contribution < 1.29 is 0 Å². The van der Waals surface area contributed by atoms with Gasteiger partial charge >= 0.3 is 0 Å². The van der Waals surface area contributed by atoms with E-state index in [0.29, 0.717) is 21.6 Å². The van der Waals surface area contributed by atoms with Crippen LogP contribution in [-0.4, -0.2) is 14.5 Å². The summed E-state index contributed by atoms with van der Waals surface area (Å²) in [5.41, 5.74) is 9.21. The van der Waals surface area contributed by atoms with Crippen LogP contribution in [0.3, 0.4) is 0 Å². The van der Waals surface area contributed by atoms with E-state index in [-0.39, 0.29) is 0 Å². The molecule has 1 aromatic carbocycles. The SMILES string of the molecule is Cc1ccnc2c1nc(N)n2-c1cc(Cl)cc(Cl)c1. The Labute approximate surface area is 119 Å². The van der Waals surface area contributed by atoms with Crippen molar-refractivity contribution in [1.29, 1.82) is 0 Å². The first-order valence-corrected chi connectivity index (χ1v) is 6.38. The molecule has 6 heteroatoms. The number of pyridine rings is 1. The lowest BCUT2D eigenvalue weighted by atomic mass is 10.2. The second kappa shape index (κ2) is 4.40. The number of nitrogens with zero attached hydrogens (tertiary/aromatic N) is 3. The van der Waals surface area contributed by atoms with Crippen LogP contribution in [0.1, 0.15) is 5.56 Å². The molecule has 3 aromatic rings. The van der Waals surface area contributed by atoms with Gasteiger partial charge in [0.25, 0.3) is 0 Å². The van der Waals surface area contributed by atoms with E-state index < -0.39 is 0 Å². The maximum atomic E-state index is 6.02. The van der Waals surface area contributed by atoms with Crippen LogP contribution in [-0.2, 0) is 0 Å². The molecule has 0 radical (unpaired) electrons. The fourth-order valence-electron chi connectivity index (χ4n) is 2.03. The first kappa shape index (κ1) is 12.3. The van der Waals surface area contributed by atoms with E-state index in [1.165, 1.54) is 0 Å². The zero-order valence-corrected chi connectivity index (χ0v) is 11.6. The molecule has 0 atom stereocenters. The van der Waals surface area contributed by atoms with Crippen LogP contribution in [0, 0.1) is 6.92 Å². The molecule has 96 valence electrons. The van der Waals surface area contributed by atoms with Gasteiger partial charge in [-0.1, -0.05) is 23.2 Å². The Morgan fingerprint density at radius 3 is 2.53 bits per heavy atom.